The highest BCUT2D eigenvalue weighted by Gasteiger charge is 2.43. The largest absolute Gasteiger partial charge is 0.372 e. The maximum Gasteiger partial charge on any atom is 0.0638 e. The van der Waals surface area contributed by atoms with Gasteiger partial charge < -0.3 is 4.74 Å². The van der Waals surface area contributed by atoms with E-state index in [-0.39, 0.29) is 23.5 Å². The minimum Gasteiger partial charge on any atom is -0.372 e. The zero-order valence-electron chi connectivity index (χ0n) is 11.9. The molecule has 0 aromatic heterocycles. The van der Waals surface area contributed by atoms with Crippen LogP contribution in [0.4, 0.5) is 0 Å². The summed E-state index contributed by atoms with van der Waals surface area (Å²) in [5.41, 5.74) is -0.325. The Kier molecular flexibility index (Phi) is 1.14. The Morgan fingerprint density at radius 3 is 1.83 bits per heavy atom. The van der Waals surface area contributed by atoms with Crippen molar-refractivity contribution in [1.82, 2.24) is 0 Å². The topological polar surface area (TPSA) is 9.23 Å². The van der Waals surface area contributed by atoms with E-state index in [1.165, 1.54) is 0 Å². The quantitative estimate of drug-likeness (QED) is 0.591. The summed E-state index contributed by atoms with van der Waals surface area (Å²) in [4.78, 5) is 0. The van der Waals surface area contributed by atoms with Crippen molar-refractivity contribution in [3.05, 3.63) is 0 Å². The molecule has 12 heavy (non-hydrogen) atoms. The Labute approximate surface area is 81.1 Å². The van der Waals surface area contributed by atoms with Crippen molar-refractivity contribution >= 4 is 0 Å². The van der Waals surface area contributed by atoms with Crippen molar-refractivity contribution in [1.29, 1.82) is 0 Å². The van der Waals surface area contributed by atoms with E-state index in [1.54, 1.807) is 0 Å². The van der Waals surface area contributed by atoms with E-state index in [2.05, 4.69) is 0 Å². The van der Waals surface area contributed by atoms with Gasteiger partial charge in [0, 0.05) is 5.48 Å². The average molecular weight is 172 g/mol. The number of ether oxygens (including phenoxy) is 1. The van der Waals surface area contributed by atoms with Crippen LogP contribution in [0, 0.1) is 11.8 Å². The molecule has 7 atom stereocenters. The summed E-state index contributed by atoms with van der Waals surface area (Å²) in [5.74, 6) is -0.511. The number of hydrogen-bond acceptors (Lipinski definition) is 1. The van der Waals surface area contributed by atoms with Gasteiger partial charge in [-0.05, 0) is 58.2 Å². The number of rotatable bonds is 1. The molecule has 70 valence electrons. The van der Waals surface area contributed by atoms with E-state index < -0.39 is 25.6 Å². The molecular weight excluding hydrogens is 148 g/mol. The second-order valence-corrected chi connectivity index (χ2v) is 4.62. The Hall–Kier alpha value is -0.0400. The second kappa shape index (κ2) is 2.73. The van der Waals surface area contributed by atoms with Gasteiger partial charge in [0.25, 0.3) is 0 Å². The van der Waals surface area contributed by atoms with Gasteiger partial charge in [0.2, 0.25) is 0 Å². The molecule has 2 saturated carbocycles. The summed E-state index contributed by atoms with van der Waals surface area (Å²) in [7, 11) is 0. The molecule has 2 aliphatic rings. The zero-order chi connectivity index (χ0) is 12.2. The first-order valence-electron chi connectivity index (χ1n) is 6.92. The van der Waals surface area contributed by atoms with E-state index in [4.69, 9.17) is 10.2 Å². The maximum absolute atomic E-state index is 7.91. The van der Waals surface area contributed by atoms with Crippen LogP contribution in [-0.4, -0.2) is 11.7 Å². The summed E-state index contributed by atoms with van der Waals surface area (Å²) < 4.78 is 37.5. The molecule has 2 rings (SSSR count). The molecule has 4 unspecified atom stereocenters. The van der Waals surface area contributed by atoms with Crippen LogP contribution in [0.15, 0.2) is 0 Å². The highest BCUT2D eigenvalue weighted by atomic mass is 16.5. The van der Waals surface area contributed by atoms with Crippen molar-refractivity contribution in [2.45, 2.75) is 58.1 Å². The molecule has 1 nitrogen and oxygen atoms in total. The monoisotopic (exact) mass is 172 g/mol. The molecule has 0 heterocycles. The normalized spacial score (nSPS) is 70.1. The lowest BCUT2D eigenvalue weighted by molar-refractivity contribution is -0.0790. The second-order valence-electron chi connectivity index (χ2n) is 4.62. The molecule has 0 aromatic carbocycles. The van der Waals surface area contributed by atoms with Gasteiger partial charge in [-0.2, -0.15) is 0 Å². The fraction of sp³-hybridized carbons (Fsp3) is 1.00. The summed E-state index contributed by atoms with van der Waals surface area (Å²) >= 11 is 0. The highest BCUT2D eigenvalue weighted by molar-refractivity contribution is 4.93. The first-order chi connectivity index (χ1) is 7.24. The van der Waals surface area contributed by atoms with E-state index in [0.717, 1.165) is 0 Å². The fourth-order valence-corrected chi connectivity index (χ4v) is 1.90. The molecule has 2 aliphatic carbocycles. The summed E-state index contributed by atoms with van der Waals surface area (Å²) in [5, 5.41) is 0. The molecule has 0 amide bonds. The van der Waals surface area contributed by atoms with Crippen molar-refractivity contribution in [3.8, 4) is 0 Å². The number of hydrogen-bond donors (Lipinski definition) is 0. The molecule has 2 bridgehead atoms. The van der Waals surface area contributed by atoms with Crippen molar-refractivity contribution in [2.75, 3.05) is 0 Å². The average Bonchev–Trinajstić information content (AvgIpc) is 2.46. The van der Waals surface area contributed by atoms with Gasteiger partial charge in [0.1, 0.15) is 0 Å². The molecule has 2 fully saturated rings. The van der Waals surface area contributed by atoms with Gasteiger partial charge in [0.05, 0.1) is 11.7 Å². The lowest BCUT2D eigenvalue weighted by Gasteiger charge is -2.27. The Morgan fingerprint density at radius 1 is 1.08 bits per heavy atom. The Balaban J connectivity index is 2.22. The molecule has 0 spiro atoms. The Morgan fingerprint density at radius 2 is 1.50 bits per heavy atom. The standard InChI is InChI=1S/C11H20O/c1-11(2,3)12-10-8-4-5-9(10)7-6-8/h8-10H,4-7H2,1-3H3/i4D,5D,6D,7D/t4-,5+,6-,7?,8?,9?,10?/m0/s1. The van der Waals surface area contributed by atoms with Gasteiger partial charge in [-0.3, -0.25) is 0 Å². The summed E-state index contributed by atoms with van der Waals surface area (Å²) in [6.45, 7) is 5.84. The molecule has 0 radical (unpaired) electrons. The predicted octanol–water partition coefficient (Wildman–Crippen LogP) is 2.99. The van der Waals surface area contributed by atoms with E-state index in [0.29, 0.717) is 0 Å². The minimum atomic E-state index is -0.554. The lowest BCUT2D eigenvalue weighted by atomic mass is 10.0. The fourth-order valence-electron chi connectivity index (χ4n) is 1.90. The third-order valence-electron chi connectivity index (χ3n) is 2.36. The van der Waals surface area contributed by atoms with Crippen LogP contribution in [0.1, 0.15) is 51.8 Å². The van der Waals surface area contributed by atoms with Crippen LogP contribution >= 0.6 is 0 Å². The SMILES string of the molecule is [2H]C1C2C(OC(C)(C)C)C([C@H]1[2H])[C@@H]([2H])[C@H]2[2H]. The lowest BCUT2D eigenvalue weighted by Crippen LogP contribution is -2.30. The van der Waals surface area contributed by atoms with Crippen molar-refractivity contribution in [2.24, 2.45) is 11.8 Å². The maximum atomic E-state index is 7.91. The van der Waals surface area contributed by atoms with Crippen molar-refractivity contribution < 1.29 is 10.2 Å². The van der Waals surface area contributed by atoms with Crippen LogP contribution in [0.25, 0.3) is 0 Å². The van der Waals surface area contributed by atoms with E-state index >= 15 is 0 Å². The minimum absolute atomic E-state index is 0.241. The van der Waals surface area contributed by atoms with Crippen LogP contribution in [0.2, 0.25) is 0 Å². The van der Waals surface area contributed by atoms with Crippen LogP contribution in [0.5, 0.6) is 0 Å². The van der Waals surface area contributed by atoms with Crippen LogP contribution in [-0.2, 0) is 4.74 Å². The van der Waals surface area contributed by atoms with Gasteiger partial charge >= 0.3 is 0 Å². The first kappa shape index (κ1) is 4.99. The van der Waals surface area contributed by atoms with Gasteiger partial charge in [-0.25, -0.2) is 0 Å². The smallest absolute Gasteiger partial charge is 0.0638 e. The van der Waals surface area contributed by atoms with Gasteiger partial charge in [-0.1, -0.05) is 0 Å². The zero-order valence-corrected chi connectivity index (χ0v) is 7.95. The molecule has 0 aromatic rings. The first-order valence-corrected chi connectivity index (χ1v) is 4.61. The summed E-state index contributed by atoms with van der Waals surface area (Å²) in [6, 6.07) is 0. The predicted molar refractivity (Wildman–Crippen MR) is 50.1 cm³/mol. The van der Waals surface area contributed by atoms with Crippen LogP contribution in [0.3, 0.4) is 0 Å². The number of fused-ring (bicyclic) bond motifs is 2. The molecule has 0 N–H and O–H groups in total. The molecule has 0 aliphatic heterocycles. The van der Waals surface area contributed by atoms with Gasteiger partial charge in [-0.15, -0.1) is 0 Å². The summed E-state index contributed by atoms with van der Waals surface area (Å²) in [6.07, 6.45) is -2.46. The van der Waals surface area contributed by atoms with E-state index in [9.17, 15) is 0 Å². The third kappa shape index (κ3) is 1.52. The van der Waals surface area contributed by atoms with Gasteiger partial charge in [0.15, 0.2) is 0 Å². The van der Waals surface area contributed by atoms with Crippen LogP contribution < -0.4 is 0 Å². The Bertz CT molecular complexity index is 242. The third-order valence-corrected chi connectivity index (χ3v) is 2.36. The van der Waals surface area contributed by atoms with E-state index in [1.807, 2.05) is 20.8 Å². The highest BCUT2D eigenvalue weighted by Crippen LogP contribution is 2.47. The molecule has 0 saturated heterocycles. The molecular formula is C11H20O. The van der Waals surface area contributed by atoms with Crippen molar-refractivity contribution in [3.63, 3.8) is 0 Å². The molecule has 1 heteroatoms.